The summed E-state index contributed by atoms with van der Waals surface area (Å²) in [5.74, 6) is -0.283. The number of para-hydroxylation sites is 1. The van der Waals surface area contributed by atoms with Gasteiger partial charge in [-0.25, -0.2) is 8.42 Å². The number of anilines is 1. The van der Waals surface area contributed by atoms with Crippen LogP contribution in [0.3, 0.4) is 0 Å². The number of rotatable bonds is 12. The van der Waals surface area contributed by atoms with Crippen LogP contribution in [0.4, 0.5) is 5.69 Å². The van der Waals surface area contributed by atoms with Crippen LogP contribution in [0.5, 0.6) is 5.75 Å². The molecule has 0 unspecified atom stereocenters. The van der Waals surface area contributed by atoms with Gasteiger partial charge in [-0.15, -0.1) is 0 Å². The molecule has 0 aliphatic heterocycles. The molecular formula is C28H32BrN3O5S. The van der Waals surface area contributed by atoms with Crippen molar-refractivity contribution in [1.29, 1.82) is 0 Å². The lowest BCUT2D eigenvalue weighted by molar-refractivity contribution is -0.139. The molecule has 0 saturated carbocycles. The molecule has 1 atom stereocenters. The van der Waals surface area contributed by atoms with Crippen molar-refractivity contribution in [3.8, 4) is 5.75 Å². The molecule has 3 aromatic carbocycles. The van der Waals surface area contributed by atoms with Gasteiger partial charge in [-0.1, -0.05) is 46.3 Å². The Bertz CT molecular complexity index is 1320. The molecule has 0 bridgehead atoms. The number of hydrogen-bond donors (Lipinski definition) is 1. The van der Waals surface area contributed by atoms with Gasteiger partial charge < -0.3 is 15.0 Å². The van der Waals surface area contributed by atoms with Gasteiger partial charge in [-0.3, -0.25) is 13.9 Å². The van der Waals surface area contributed by atoms with E-state index in [1.54, 1.807) is 56.3 Å². The smallest absolute Gasteiger partial charge is 0.264 e. The van der Waals surface area contributed by atoms with E-state index < -0.39 is 28.5 Å². The van der Waals surface area contributed by atoms with Gasteiger partial charge in [0.1, 0.15) is 18.3 Å². The third-order valence-electron chi connectivity index (χ3n) is 5.83. The van der Waals surface area contributed by atoms with Crippen molar-refractivity contribution in [2.24, 2.45) is 0 Å². The summed E-state index contributed by atoms with van der Waals surface area (Å²) in [5.41, 5.74) is 1.14. The van der Waals surface area contributed by atoms with Gasteiger partial charge in [0.15, 0.2) is 0 Å². The minimum atomic E-state index is -4.13. The molecule has 3 aromatic rings. The molecule has 2 amide bonds. The Kier molecular flexibility index (Phi) is 10.3. The third kappa shape index (κ3) is 7.35. The van der Waals surface area contributed by atoms with Crippen molar-refractivity contribution in [2.75, 3.05) is 24.0 Å². The number of carbonyl (C=O) groups excluding carboxylic acids is 2. The topological polar surface area (TPSA) is 96.0 Å². The lowest BCUT2D eigenvalue weighted by Crippen LogP contribution is -2.51. The van der Waals surface area contributed by atoms with Gasteiger partial charge >= 0.3 is 0 Å². The Morgan fingerprint density at radius 2 is 1.58 bits per heavy atom. The van der Waals surface area contributed by atoms with E-state index in [2.05, 4.69) is 21.2 Å². The Balaban J connectivity index is 1.98. The number of likely N-dealkylation sites (N-methyl/N-ethyl adjacent to an activating group) is 1. The number of nitrogens with one attached hydrogen (secondary N) is 1. The molecule has 10 heteroatoms. The van der Waals surface area contributed by atoms with Crippen molar-refractivity contribution in [2.45, 2.75) is 38.3 Å². The van der Waals surface area contributed by atoms with Crippen LogP contribution < -0.4 is 14.4 Å². The van der Waals surface area contributed by atoms with Crippen LogP contribution in [0.15, 0.2) is 88.2 Å². The number of benzene rings is 3. The predicted molar refractivity (Wildman–Crippen MR) is 151 cm³/mol. The first-order valence-electron chi connectivity index (χ1n) is 12.3. The number of ether oxygens (including phenoxy) is 1. The molecule has 0 radical (unpaired) electrons. The van der Waals surface area contributed by atoms with Gasteiger partial charge in [-0.05, 0) is 74.9 Å². The van der Waals surface area contributed by atoms with Crippen molar-refractivity contribution in [1.82, 2.24) is 10.2 Å². The van der Waals surface area contributed by atoms with Gasteiger partial charge in [-0.2, -0.15) is 0 Å². The maximum absolute atomic E-state index is 13.8. The molecule has 0 aromatic heterocycles. The molecule has 202 valence electrons. The number of carbonyl (C=O) groups is 2. The first-order valence-corrected chi connectivity index (χ1v) is 14.5. The van der Waals surface area contributed by atoms with E-state index in [0.717, 1.165) is 14.3 Å². The lowest BCUT2D eigenvalue weighted by atomic mass is 10.1. The molecule has 38 heavy (non-hydrogen) atoms. The molecule has 0 fully saturated rings. The first-order chi connectivity index (χ1) is 18.2. The van der Waals surface area contributed by atoms with Crippen LogP contribution in [0.1, 0.15) is 26.3 Å². The van der Waals surface area contributed by atoms with Crippen LogP contribution >= 0.6 is 15.9 Å². The van der Waals surface area contributed by atoms with E-state index in [1.165, 1.54) is 17.0 Å². The molecular weight excluding hydrogens is 570 g/mol. The van der Waals surface area contributed by atoms with E-state index in [-0.39, 0.29) is 17.3 Å². The van der Waals surface area contributed by atoms with Gasteiger partial charge in [0.05, 0.1) is 17.2 Å². The van der Waals surface area contributed by atoms with E-state index >= 15 is 0 Å². The van der Waals surface area contributed by atoms with Crippen molar-refractivity contribution in [3.63, 3.8) is 0 Å². The van der Waals surface area contributed by atoms with E-state index in [4.69, 9.17) is 4.74 Å². The fourth-order valence-corrected chi connectivity index (χ4v) is 5.49. The second-order valence-electron chi connectivity index (χ2n) is 8.47. The largest absolute Gasteiger partial charge is 0.494 e. The van der Waals surface area contributed by atoms with Crippen molar-refractivity contribution < 1.29 is 22.7 Å². The van der Waals surface area contributed by atoms with Crippen LogP contribution in [0, 0.1) is 0 Å². The van der Waals surface area contributed by atoms with Crippen molar-refractivity contribution in [3.05, 3.63) is 88.9 Å². The van der Waals surface area contributed by atoms with E-state index in [9.17, 15) is 18.0 Å². The highest BCUT2D eigenvalue weighted by Crippen LogP contribution is 2.26. The van der Waals surface area contributed by atoms with Crippen LogP contribution in [-0.2, 0) is 26.2 Å². The zero-order chi connectivity index (χ0) is 27.7. The summed E-state index contributed by atoms with van der Waals surface area (Å²) in [7, 11) is -4.13. The Morgan fingerprint density at radius 3 is 2.16 bits per heavy atom. The average Bonchev–Trinajstić information content (AvgIpc) is 2.92. The number of amides is 2. The van der Waals surface area contributed by atoms with E-state index in [1.807, 2.05) is 31.2 Å². The fourth-order valence-electron chi connectivity index (χ4n) is 3.82. The van der Waals surface area contributed by atoms with Crippen LogP contribution in [-0.4, -0.2) is 50.9 Å². The standard InChI is InChI=1S/C28H32BrN3O5S/c1-4-30-28(34)21(3)31(19-22-11-13-23(29)14-12-22)27(33)20-32(24-9-7-6-8-10-24)38(35,36)26-17-15-25(16-18-26)37-5-2/h6-18,21H,4-5,19-20H2,1-3H3,(H,30,34)/t21-/m0/s1. The zero-order valence-corrected chi connectivity index (χ0v) is 24.0. The third-order valence-corrected chi connectivity index (χ3v) is 8.15. The summed E-state index contributed by atoms with van der Waals surface area (Å²) < 4.78 is 35.0. The van der Waals surface area contributed by atoms with Gasteiger partial charge in [0.25, 0.3) is 10.0 Å². The molecule has 0 saturated heterocycles. The maximum Gasteiger partial charge on any atom is 0.264 e. The highest BCUT2D eigenvalue weighted by molar-refractivity contribution is 9.10. The highest BCUT2D eigenvalue weighted by Gasteiger charge is 2.32. The Labute approximate surface area is 232 Å². The summed E-state index contributed by atoms with van der Waals surface area (Å²) in [6.45, 7) is 5.78. The Hall–Kier alpha value is -3.37. The van der Waals surface area contributed by atoms with Crippen LogP contribution in [0.2, 0.25) is 0 Å². The minimum Gasteiger partial charge on any atom is -0.494 e. The van der Waals surface area contributed by atoms with Crippen molar-refractivity contribution >= 4 is 43.5 Å². The average molecular weight is 603 g/mol. The summed E-state index contributed by atoms with van der Waals surface area (Å²) >= 11 is 3.40. The Morgan fingerprint density at radius 1 is 0.947 bits per heavy atom. The lowest BCUT2D eigenvalue weighted by Gasteiger charge is -2.32. The normalized spacial score (nSPS) is 11.9. The second-order valence-corrected chi connectivity index (χ2v) is 11.2. The summed E-state index contributed by atoms with van der Waals surface area (Å²) in [6.07, 6.45) is 0. The summed E-state index contributed by atoms with van der Waals surface area (Å²) in [5, 5.41) is 2.75. The first kappa shape index (κ1) is 29.2. The summed E-state index contributed by atoms with van der Waals surface area (Å²) in [6, 6.07) is 21.1. The van der Waals surface area contributed by atoms with Crippen LogP contribution in [0.25, 0.3) is 0 Å². The minimum absolute atomic E-state index is 0.0221. The molecule has 0 aliphatic rings. The second kappa shape index (κ2) is 13.4. The zero-order valence-electron chi connectivity index (χ0n) is 21.6. The predicted octanol–water partition coefficient (Wildman–Crippen LogP) is 4.60. The molecule has 3 rings (SSSR count). The van der Waals surface area contributed by atoms with Gasteiger partial charge in [0, 0.05) is 17.6 Å². The monoisotopic (exact) mass is 601 g/mol. The maximum atomic E-state index is 13.8. The molecule has 8 nitrogen and oxygen atoms in total. The number of hydrogen-bond acceptors (Lipinski definition) is 5. The molecule has 0 spiro atoms. The van der Waals surface area contributed by atoms with Gasteiger partial charge in [0.2, 0.25) is 11.8 Å². The number of nitrogens with zero attached hydrogens (tertiary/aromatic N) is 2. The number of halogens is 1. The van der Waals surface area contributed by atoms with E-state index in [0.29, 0.717) is 24.6 Å². The highest BCUT2D eigenvalue weighted by atomic mass is 79.9. The molecule has 0 aliphatic carbocycles. The summed E-state index contributed by atoms with van der Waals surface area (Å²) in [4.78, 5) is 27.9. The molecule has 0 heterocycles. The quantitative estimate of drug-likeness (QED) is 0.327. The molecule has 1 N–H and O–H groups in total. The fraction of sp³-hybridized carbons (Fsp3) is 0.286. The number of sulfonamides is 1. The SMILES string of the molecule is CCNC(=O)[C@H](C)N(Cc1ccc(Br)cc1)C(=O)CN(c1ccccc1)S(=O)(=O)c1ccc(OCC)cc1.